The third-order valence-corrected chi connectivity index (χ3v) is 3.71. The van der Waals surface area contributed by atoms with E-state index in [4.69, 9.17) is 4.74 Å². The second-order valence-electron chi connectivity index (χ2n) is 5.74. The van der Waals surface area contributed by atoms with Crippen molar-refractivity contribution in [3.05, 3.63) is 28.7 Å². The number of carbonyl (C=O) groups excluding carboxylic acids is 1. The molecule has 0 bridgehead atoms. The molecule has 1 amide bonds. The van der Waals surface area contributed by atoms with E-state index in [9.17, 15) is 4.79 Å². The monoisotopic (exact) mass is 304 g/mol. The molecule has 1 atom stereocenters. The number of methoxy groups -OCH3 is 1. The van der Waals surface area contributed by atoms with Gasteiger partial charge in [0, 0.05) is 37.0 Å². The minimum atomic E-state index is 0.0223. The van der Waals surface area contributed by atoms with Crippen molar-refractivity contribution in [1.82, 2.24) is 19.9 Å². The highest BCUT2D eigenvalue weighted by atomic mass is 16.5. The molecule has 0 fully saturated rings. The number of amides is 1. The van der Waals surface area contributed by atoms with Crippen LogP contribution >= 0.6 is 0 Å². The van der Waals surface area contributed by atoms with E-state index in [1.54, 1.807) is 7.11 Å². The number of nitrogens with one attached hydrogen (secondary N) is 1. The molecular formula is C16H24N4O2. The van der Waals surface area contributed by atoms with E-state index >= 15 is 0 Å². The van der Waals surface area contributed by atoms with E-state index in [1.165, 1.54) is 0 Å². The molecule has 1 unspecified atom stereocenters. The maximum atomic E-state index is 12.0. The van der Waals surface area contributed by atoms with Crippen molar-refractivity contribution >= 4 is 11.6 Å². The number of ether oxygens (including phenoxy) is 1. The summed E-state index contributed by atoms with van der Waals surface area (Å²) in [5.41, 5.74) is 4.90. The van der Waals surface area contributed by atoms with Crippen LogP contribution in [0.2, 0.25) is 0 Å². The molecule has 0 saturated carbocycles. The fraction of sp³-hybridized carbons (Fsp3) is 0.562. The summed E-state index contributed by atoms with van der Waals surface area (Å²) in [6.07, 6.45) is 1.09. The molecule has 2 aromatic rings. The number of fused-ring (bicyclic) bond motifs is 1. The van der Waals surface area contributed by atoms with E-state index in [0.29, 0.717) is 19.4 Å². The van der Waals surface area contributed by atoms with E-state index < -0.39 is 0 Å². The van der Waals surface area contributed by atoms with E-state index in [-0.39, 0.29) is 11.9 Å². The van der Waals surface area contributed by atoms with Crippen LogP contribution in [-0.4, -0.2) is 40.3 Å². The Hall–Kier alpha value is -1.95. The van der Waals surface area contributed by atoms with E-state index in [0.717, 1.165) is 28.3 Å². The molecule has 0 aliphatic rings. The molecule has 2 aromatic heterocycles. The third-order valence-electron chi connectivity index (χ3n) is 3.71. The number of aromatic nitrogens is 3. The van der Waals surface area contributed by atoms with Crippen LogP contribution in [0.3, 0.4) is 0 Å². The molecule has 120 valence electrons. The van der Waals surface area contributed by atoms with Crippen molar-refractivity contribution in [1.29, 1.82) is 0 Å². The molecular weight excluding hydrogens is 280 g/mol. The minimum Gasteiger partial charge on any atom is -0.383 e. The maximum Gasteiger partial charge on any atom is 0.220 e. The highest BCUT2D eigenvalue weighted by molar-refractivity contribution is 5.76. The molecule has 2 rings (SSSR count). The quantitative estimate of drug-likeness (QED) is 0.882. The first-order valence-electron chi connectivity index (χ1n) is 7.53. The summed E-state index contributed by atoms with van der Waals surface area (Å²) in [6.45, 7) is 8.40. The van der Waals surface area contributed by atoms with Crippen molar-refractivity contribution in [2.24, 2.45) is 0 Å². The predicted molar refractivity (Wildman–Crippen MR) is 85.0 cm³/mol. The standard InChI is InChI=1S/C16H24N4O2/c1-10-8-15-18-12(3)14(13(4)20(15)19-10)6-7-16(21)17-11(2)9-22-5/h8,11H,6-7,9H2,1-5H3,(H,17,21). The number of rotatable bonds is 6. The highest BCUT2D eigenvalue weighted by Crippen LogP contribution is 2.16. The minimum absolute atomic E-state index is 0.0223. The van der Waals surface area contributed by atoms with Gasteiger partial charge in [0.15, 0.2) is 5.65 Å². The van der Waals surface area contributed by atoms with Crippen molar-refractivity contribution in [3.8, 4) is 0 Å². The fourth-order valence-corrected chi connectivity index (χ4v) is 2.68. The molecule has 0 aliphatic heterocycles. The Bertz CT molecular complexity index is 678. The van der Waals surface area contributed by atoms with Gasteiger partial charge in [-0.1, -0.05) is 0 Å². The first kappa shape index (κ1) is 16.4. The number of carbonyl (C=O) groups is 1. The topological polar surface area (TPSA) is 68.5 Å². The Labute approximate surface area is 130 Å². The van der Waals surface area contributed by atoms with Gasteiger partial charge in [0.2, 0.25) is 5.91 Å². The van der Waals surface area contributed by atoms with Crippen LogP contribution in [0.25, 0.3) is 5.65 Å². The van der Waals surface area contributed by atoms with Crippen molar-refractivity contribution in [2.45, 2.75) is 46.6 Å². The van der Waals surface area contributed by atoms with Crippen molar-refractivity contribution in [3.63, 3.8) is 0 Å². The van der Waals surface area contributed by atoms with Crippen molar-refractivity contribution < 1.29 is 9.53 Å². The summed E-state index contributed by atoms with van der Waals surface area (Å²) in [5.74, 6) is 0.0279. The van der Waals surface area contributed by atoms with Crippen LogP contribution in [0.5, 0.6) is 0 Å². The normalized spacial score (nSPS) is 12.6. The largest absolute Gasteiger partial charge is 0.383 e. The van der Waals surface area contributed by atoms with Gasteiger partial charge in [-0.3, -0.25) is 4.79 Å². The molecule has 0 aromatic carbocycles. The first-order valence-corrected chi connectivity index (χ1v) is 7.53. The smallest absolute Gasteiger partial charge is 0.220 e. The van der Waals surface area contributed by atoms with Crippen LogP contribution in [0.1, 0.15) is 36.0 Å². The van der Waals surface area contributed by atoms with Gasteiger partial charge in [-0.15, -0.1) is 0 Å². The number of hydrogen-bond donors (Lipinski definition) is 1. The van der Waals surface area contributed by atoms with Crippen LogP contribution < -0.4 is 5.32 Å². The van der Waals surface area contributed by atoms with Crippen LogP contribution in [0.4, 0.5) is 0 Å². The molecule has 0 aliphatic carbocycles. The van der Waals surface area contributed by atoms with Crippen LogP contribution in [0.15, 0.2) is 6.07 Å². The van der Waals surface area contributed by atoms with Gasteiger partial charge in [-0.05, 0) is 39.7 Å². The van der Waals surface area contributed by atoms with Crippen LogP contribution in [0, 0.1) is 20.8 Å². The second kappa shape index (κ2) is 6.87. The average Bonchev–Trinajstić information content (AvgIpc) is 2.79. The molecule has 0 saturated heterocycles. The maximum absolute atomic E-state index is 12.0. The lowest BCUT2D eigenvalue weighted by molar-refractivity contribution is -0.122. The Balaban J connectivity index is 2.09. The Morgan fingerprint density at radius 3 is 2.82 bits per heavy atom. The SMILES string of the molecule is COCC(C)NC(=O)CCc1c(C)nc2cc(C)nn2c1C. The molecule has 6 heteroatoms. The van der Waals surface area contributed by atoms with Crippen LogP contribution in [-0.2, 0) is 16.0 Å². The predicted octanol–water partition coefficient (Wildman–Crippen LogP) is 1.74. The van der Waals surface area contributed by atoms with E-state index in [2.05, 4.69) is 15.4 Å². The van der Waals surface area contributed by atoms with Gasteiger partial charge in [-0.25, -0.2) is 9.50 Å². The molecule has 0 radical (unpaired) electrons. The molecule has 2 heterocycles. The van der Waals surface area contributed by atoms with E-state index in [1.807, 2.05) is 38.3 Å². The lowest BCUT2D eigenvalue weighted by Crippen LogP contribution is -2.35. The summed E-state index contributed by atoms with van der Waals surface area (Å²) in [5, 5.41) is 7.38. The summed E-state index contributed by atoms with van der Waals surface area (Å²) in [6, 6.07) is 1.98. The number of hydrogen-bond acceptors (Lipinski definition) is 4. The zero-order valence-corrected chi connectivity index (χ0v) is 13.9. The van der Waals surface area contributed by atoms with Gasteiger partial charge in [0.1, 0.15) is 0 Å². The molecule has 22 heavy (non-hydrogen) atoms. The van der Waals surface area contributed by atoms with Gasteiger partial charge in [0.25, 0.3) is 0 Å². The summed E-state index contributed by atoms with van der Waals surface area (Å²) < 4.78 is 6.87. The zero-order chi connectivity index (χ0) is 16.3. The lowest BCUT2D eigenvalue weighted by Gasteiger charge is -2.14. The Morgan fingerprint density at radius 1 is 1.41 bits per heavy atom. The Kier molecular flexibility index (Phi) is 5.13. The van der Waals surface area contributed by atoms with Crippen molar-refractivity contribution in [2.75, 3.05) is 13.7 Å². The Morgan fingerprint density at radius 2 is 2.14 bits per heavy atom. The molecule has 1 N–H and O–H groups in total. The third kappa shape index (κ3) is 3.62. The molecule has 6 nitrogen and oxygen atoms in total. The molecule has 0 spiro atoms. The fourth-order valence-electron chi connectivity index (χ4n) is 2.68. The second-order valence-corrected chi connectivity index (χ2v) is 5.74. The number of nitrogens with zero attached hydrogens (tertiary/aromatic N) is 3. The van der Waals surface area contributed by atoms with Gasteiger partial charge < -0.3 is 10.1 Å². The zero-order valence-electron chi connectivity index (χ0n) is 13.9. The summed E-state index contributed by atoms with van der Waals surface area (Å²) in [4.78, 5) is 16.6. The van der Waals surface area contributed by atoms with Gasteiger partial charge >= 0.3 is 0 Å². The first-order chi connectivity index (χ1) is 10.4. The summed E-state index contributed by atoms with van der Waals surface area (Å²) >= 11 is 0. The highest BCUT2D eigenvalue weighted by Gasteiger charge is 2.13. The van der Waals surface area contributed by atoms with Gasteiger partial charge in [-0.2, -0.15) is 5.10 Å². The average molecular weight is 304 g/mol. The van der Waals surface area contributed by atoms with Gasteiger partial charge in [0.05, 0.1) is 12.3 Å². The number of aryl methyl sites for hydroxylation is 3. The summed E-state index contributed by atoms with van der Waals surface area (Å²) in [7, 11) is 1.63. The lowest BCUT2D eigenvalue weighted by atomic mass is 10.1.